The Kier molecular flexibility index (Phi) is 5.03. The van der Waals surface area contributed by atoms with Gasteiger partial charge in [-0.1, -0.05) is 31.1 Å². The molecule has 0 aliphatic carbocycles. The van der Waals surface area contributed by atoms with Crippen LogP contribution in [0.25, 0.3) is 11.4 Å². The SMILES string of the molecule is CCC(CC)C(=O)NCc1nc(-c2ccccc2F)no1. The first-order chi connectivity index (χ1) is 10.2. The highest BCUT2D eigenvalue weighted by molar-refractivity contribution is 5.78. The first kappa shape index (κ1) is 15.2. The fourth-order valence-electron chi connectivity index (χ4n) is 2.05. The van der Waals surface area contributed by atoms with Gasteiger partial charge >= 0.3 is 0 Å². The number of halogens is 1. The van der Waals surface area contributed by atoms with Crippen LogP contribution in [0.3, 0.4) is 0 Å². The average Bonchev–Trinajstić information content (AvgIpc) is 2.95. The molecule has 1 N–H and O–H groups in total. The Labute approximate surface area is 122 Å². The lowest BCUT2D eigenvalue weighted by Gasteiger charge is -2.10. The molecule has 0 aliphatic rings. The molecule has 1 heterocycles. The molecule has 2 aromatic rings. The Morgan fingerprint density at radius 1 is 1.33 bits per heavy atom. The van der Waals surface area contributed by atoms with Crippen LogP contribution in [-0.4, -0.2) is 16.0 Å². The van der Waals surface area contributed by atoms with Crippen molar-refractivity contribution in [1.29, 1.82) is 0 Å². The van der Waals surface area contributed by atoms with Gasteiger partial charge in [0.2, 0.25) is 17.6 Å². The van der Waals surface area contributed by atoms with Gasteiger partial charge in [0.05, 0.1) is 12.1 Å². The number of nitrogens with zero attached hydrogens (tertiary/aromatic N) is 2. The van der Waals surface area contributed by atoms with E-state index >= 15 is 0 Å². The first-order valence-electron chi connectivity index (χ1n) is 7.00. The van der Waals surface area contributed by atoms with Gasteiger partial charge in [-0.05, 0) is 25.0 Å². The van der Waals surface area contributed by atoms with E-state index in [9.17, 15) is 9.18 Å². The van der Waals surface area contributed by atoms with Crippen molar-refractivity contribution in [1.82, 2.24) is 15.5 Å². The summed E-state index contributed by atoms with van der Waals surface area (Å²) in [5.41, 5.74) is 0.277. The topological polar surface area (TPSA) is 68.0 Å². The van der Waals surface area contributed by atoms with Gasteiger partial charge in [0, 0.05) is 5.92 Å². The van der Waals surface area contributed by atoms with Crippen LogP contribution in [0.1, 0.15) is 32.6 Å². The monoisotopic (exact) mass is 291 g/mol. The lowest BCUT2D eigenvalue weighted by molar-refractivity contribution is -0.125. The molecule has 0 fully saturated rings. The largest absolute Gasteiger partial charge is 0.347 e. The summed E-state index contributed by atoms with van der Waals surface area (Å²) in [4.78, 5) is 15.9. The van der Waals surface area contributed by atoms with Gasteiger partial charge < -0.3 is 9.84 Å². The molecule has 6 heteroatoms. The van der Waals surface area contributed by atoms with Crippen molar-refractivity contribution in [3.05, 3.63) is 36.0 Å². The molecule has 0 aliphatic heterocycles. The predicted molar refractivity (Wildman–Crippen MR) is 75.6 cm³/mol. The number of rotatable bonds is 6. The van der Waals surface area contributed by atoms with Crippen molar-refractivity contribution in [3.8, 4) is 11.4 Å². The van der Waals surface area contributed by atoms with Crippen LogP contribution in [0, 0.1) is 11.7 Å². The van der Waals surface area contributed by atoms with Gasteiger partial charge in [-0.25, -0.2) is 4.39 Å². The third-order valence-electron chi connectivity index (χ3n) is 3.35. The molecular formula is C15H18FN3O2. The number of amides is 1. The molecule has 0 bridgehead atoms. The lowest BCUT2D eigenvalue weighted by Crippen LogP contribution is -2.29. The van der Waals surface area contributed by atoms with Crippen LogP contribution in [0.15, 0.2) is 28.8 Å². The molecule has 5 nitrogen and oxygen atoms in total. The van der Waals surface area contributed by atoms with Crippen molar-refractivity contribution >= 4 is 5.91 Å². The van der Waals surface area contributed by atoms with Crippen molar-refractivity contribution in [2.24, 2.45) is 5.92 Å². The minimum atomic E-state index is -0.411. The minimum absolute atomic E-state index is 0.0149. The number of aromatic nitrogens is 2. The molecule has 112 valence electrons. The molecule has 0 spiro atoms. The van der Waals surface area contributed by atoms with Crippen LogP contribution in [-0.2, 0) is 11.3 Å². The fraction of sp³-hybridized carbons (Fsp3) is 0.400. The second-order valence-electron chi connectivity index (χ2n) is 4.72. The standard InChI is InChI=1S/C15H18FN3O2/c1-3-10(4-2)15(20)17-9-13-18-14(19-21-13)11-7-5-6-8-12(11)16/h5-8,10H,3-4,9H2,1-2H3,(H,17,20). The molecule has 0 saturated carbocycles. The summed E-state index contributed by atoms with van der Waals surface area (Å²) >= 11 is 0. The highest BCUT2D eigenvalue weighted by Gasteiger charge is 2.16. The summed E-state index contributed by atoms with van der Waals surface area (Å²) in [6.07, 6.45) is 1.57. The maximum absolute atomic E-state index is 13.6. The number of carbonyl (C=O) groups excluding carboxylic acids is 1. The van der Waals surface area contributed by atoms with E-state index in [2.05, 4.69) is 15.5 Å². The smallest absolute Gasteiger partial charge is 0.246 e. The highest BCUT2D eigenvalue weighted by Crippen LogP contribution is 2.19. The zero-order chi connectivity index (χ0) is 15.2. The first-order valence-corrected chi connectivity index (χ1v) is 7.00. The van der Waals surface area contributed by atoms with Gasteiger partial charge in [-0.2, -0.15) is 4.98 Å². The van der Waals surface area contributed by atoms with Gasteiger partial charge in [0.25, 0.3) is 0 Å². The van der Waals surface area contributed by atoms with Crippen LogP contribution >= 0.6 is 0 Å². The third kappa shape index (κ3) is 3.65. The normalized spacial score (nSPS) is 10.9. The van der Waals surface area contributed by atoms with Gasteiger partial charge in [0.15, 0.2) is 0 Å². The van der Waals surface area contributed by atoms with E-state index in [1.807, 2.05) is 13.8 Å². The van der Waals surface area contributed by atoms with Crippen LogP contribution in [0.2, 0.25) is 0 Å². The number of benzene rings is 1. The molecule has 1 aromatic carbocycles. The summed E-state index contributed by atoms with van der Waals surface area (Å²) in [5, 5.41) is 6.48. The molecule has 1 aromatic heterocycles. The number of hydrogen-bond acceptors (Lipinski definition) is 4. The summed E-state index contributed by atoms with van der Waals surface area (Å²) in [5.74, 6) is -0.0250. The summed E-state index contributed by atoms with van der Waals surface area (Å²) in [7, 11) is 0. The maximum Gasteiger partial charge on any atom is 0.246 e. The number of hydrogen-bond donors (Lipinski definition) is 1. The molecule has 0 radical (unpaired) electrons. The number of nitrogens with one attached hydrogen (secondary N) is 1. The minimum Gasteiger partial charge on any atom is -0.347 e. The quantitative estimate of drug-likeness (QED) is 0.888. The average molecular weight is 291 g/mol. The van der Waals surface area contributed by atoms with Gasteiger partial charge in [-0.3, -0.25) is 4.79 Å². The second-order valence-corrected chi connectivity index (χ2v) is 4.72. The highest BCUT2D eigenvalue weighted by atomic mass is 19.1. The molecule has 2 rings (SSSR count). The molecule has 0 unspecified atom stereocenters. The molecule has 1 amide bonds. The van der Waals surface area contributed by atoms with Gasteiger partial charge in [0.1, 0.15) is 5.82 Å². The summed E-state index contributed by atoms with van der Waals surface area (Å²) < 4.78 is 18.6. The van der Waals surface area contributed by atoms with Crippen LogP contribution in [0.4, 0.5) is 4.39 Å². The Morgan fingerprint density at radius 2 is 2.05 bits per heavy atom. The van der Waals surface area contributed by atoms with Crippen molar-refractivity contribution in [3.63, 3.8) is 0 Å². The Bertz CT molecular complexity index is 608. The van der Waals surface area contributed by atoms with E-state index < -0.39 is 5.82 Å². The van der Waals surface area contributed by atoms with Crippen LogP contribution < -0.4 is 5.32 Å². The van der Waals surface area contributed by atoms with Crippen molar-refractivity contribution in [2.75, 3.05) is 0 Å². The summed E-state index contributed by atoms with van der Waals surface area (Å²) in [6, 6.07) is 6.20. The zero-order valence-corrected chi connectivity index (χ0v) is 12.1. The van der Waals surface area contributed by atoms with Crippen molar-refractivity contribution in [2.45, 2.75) is 33.2 Å². The number of carbonyl (C=O) groups is 1. The van der Waals surface area contributed by atoms with E-state index in [4.69, 9.17) is 4.52 Å². The van der Waals surface area contributed by atoms with E-state index in [1.165, 1.54) is 6.07 Å². The molecule has 21 heavy (non-hydrogen) atoms. The van der Waals surface area contributed by atoms with Crippen LogP contribution in [0.5, 0.6) is 0 Å². The Morgan fingerprint density at radius 3 is 2.71 bits per heavy atom. The summed E-state index contributed by atoms with van der Waals surface area (Å²) in [6.45, 7) is 4.09. The van der Waals surface area contributed by atoms with E-state index in [-0.39, 0.29) is 35.6 Å². The van der Waals surface area contributed by atoms with Gasteiger partial charge in [-0.15, -0.1) is 0 Å². The van der Waals surface area contributed by atoms with E-state index in [0.29, 0.717) is 0 Å². The van der Waals surface area contributed by atoms with E-state index in [1.54, 1.807) is 18.2 Å². The molecular weight excluding hydrogens is 273 g/mol. The second kappa shape index (κ2) is 6.97. The lowest BCUT2D eigenvalue weighted by atomic mass is 10.0. The predicted octanol–water partition coefficient (Wildman–Crippen LogP) is 2.93. The third-order valence-corrected chi connectivity index (χ3v) is 3.35. The molecule has 0 saturated heterocycles. The Hall–Kier alpha value is -2.24. The Balaban J connectivity index is 2.01. The zero-order valence-electron chi connectivity index (χ0n) is 12.1. The maximum atomic E-state index is 13.6. The van der Waals surface area contributed by atoms with Crippen molar-refractivity contribution < 1.29 is 13.7 Å². The molecule has 0 atom stereocenters. The fourth-order valence-corrected chi connectivity index (χ4v) is 2.05. The van der Waals surface area contributed by atoms with E-state index in [0.717, 1.165) is 12.8 Å².